The van der Waals surface area contributed by atoms with Crippen LogP contribution >= 0.6 is 0 Å². The van der Waals surface area contributed by atoms with Crippen molar-refractivity contribution in [2.45, 2.75) is 6.42 Å². The topological polar surface area (TPSA) is 39.7 Å². The Balaban J connectivity index is 1.90. The molecule has 0 spiro atoms. The highest BCUT2D eigenvalue weighted by Gasteiger charge is 2.23. The Labute approximate surface area is 117 Å². The third-order valence-electron chi connectivity index (χ3n) is 3.57. The van der Waals surface area contributed by atoms with E-state index in [4.69, 9.17) is 0 Å². The van der Waals surface area contributed by atoms with Gasteiger partial charge in [-0.05, 0) is 24.5 Å². The van der Waals surface area contributed by atoms with Crippen molar-refractivity contribution in [2.24, 2.45) is 10.9 Å². The van der Waals surface area contributed by atoms with Crippen LogP contribution in [0, 0.1) is 17.6 Å². The predicted molar refractivity (Wildman–Crippen MR) is 77.1 cm³/mol. The smallest absolute Gasteiger partial charge is 0.190 e. The van der Waals surface area contributed by atoms with E-state index in [0.717, 1.165) is 37.7 Å². The minimum atomic E-state index is -0.802. The van der Waals surface area contributed by atoms with Gasteiger partial charge in [-0.15, -0.1) is 0 Å². The summed E-state index contributed by atoms with van der Waals surface area (Å²) in [6, 6.07) is 4.07. The molecule has 0 bridgehead atoms. The number of halogens is 2. The molecule has 110 valence electrons. The average molecular weight is 282 g/mol. The van der Waals surface area contributed by atoms with Gasteiger partial charge in [0.05, 0.1) is 0 Å². The van der Waals surface area contributed by atoms with Crippen molar-refractivity contribution in [2.75, 3.05) is 38.6 Å². The summed E-state index contributed by atoms with van der Waals surface area (Å²) in [5, 5.41) is 6.20. The van der Waals surface area contributed by atoms with Crippen LogP contribution in [0.15, 0.2) is 23.2 Å². The third-order valence-corrected chi connectivity index (χ3v) is 3.57. The van der Waals surface area contributed by atoms with E-state index in [2.05, 4.69) is 20.5 Å². The fraction of sp³-hybridized carbons (Fsp3) is 0.500. The number of aliphatic imine (C=N–C) groups is 1. The molecule has 1 heterocycles. The van der Waals surface area contributed by atoms with Gasteiger partial charge in [-0.25, -0.2) is 8.78 Å². The molecule has 0 aromatic heterocycles. The zero-order valence-corrected chi connectivity index (χ0v) is 11.8. The molecule has 0 radical (unpaired) electrons. The maximum atomic E-state index is 13.2. The van der Waals surface area contributed by atoms with Gasteiger partial charge in [0, 0.05) is 45.5 Å². The number of anilines is 1. The molecular formula is C14H20F2N4. The first kappa shape index (κ1) is 14.6. The van der Waals surface area contributed by atoms with Crippen LogP contribution in [0.1, 0.15) is 6.42 Å². The van der Waals surface area contributed by atoms with E-state index in [1.54, 1.807) is 13.1 Å². The Kier molecular flexibility index (Phi) is 4.76. The molecule has 0 amide bonds. The predicted octanol–water partition coefficient (Wildman–Crippen LogP) is 1.59. The molecule has 0 saturated carbocycles. The second kappa shape index (κ2) is 6.54. The highest BCUT2D eigenvalue weighted by molar-refractivity contribution is 5.79. The second-order valence-electron chi connectivity index (χ2n) is 4.90. The summed E-state index contributed by atoms with van der Waals surface area (Å²) in [7, 11) is 3.54. The lowest BCUT2D eigenvalue weighted by Gasteiger charge is -2.19. The summed E-state index contributed by atoms with van der Waals surface area (Å²) < 4.78 is 26.2. The summed E-state index contributed by atoms with van der Waals surface area (Å²) in [6.07, 6.45) is 1.02. The Bertz CT molecular complexity index is 490. The lowest BCUT2D eigenvalue weighted by molar-refractivity contribution is 0.508. The van der Waals surface area contributed by atoms with Crippen LogP contribution in [0.5, 0.6) is 0 Å². The van der Waals surface area contributed by atoms with E-state index in [1.807, 2.05) is 7.05 Å². The molecule has 1 aliphatic rings. The molecular weight excluding hydrogens is 262 g/mol. The minimum Gasteiger partial charge on any atom is -0.371 e. The number of nitrogens with one attached hydrogen (secondary N) is 2. The molecule has 1 aromatic carbocycles. The Hall–Kier alpha value is -1.85. The van der Waals surface area contributed by atoms with Crippen molar-refractivity contribution in [1.29, 1.82) is 0 Å². The van der Waals surface area contributed by atoms with Gasteiger partial charge in [0.25, 0.3) is 0 Å². The lowest BCUT2D eigenvalue weighted by Crippen LogP contribution is -2.38. The molecule has 4 nitrogen and oxygen atoms in total. The van der Waals surface area contributed by atoms with Crippen LogP contribution < -0.4 is 15.5 Å². The van der Waals surface area contributed by atoms with Crippen LogP contribution in [0.25, 0.3) is 0 Å². The van der Waals surface area contributed by atoms with Gasteiger partial charge in [-0.1, -0.05) is 0 Å². The van der Waals surface area contributed by atoms with Gasteiger partial charge < -0.3 is 15.5 Å². The van der Waals surface area contributed by atoms with E-state index in [1.165, 1.54) is 12.1 Å². The van der Waals surface area contributed by atoms with Crippen LogP contribution in [0.3, 0.4) is 0 Å². The van der Waals surface area contributed by atoms with Gasteiger partial charge in [0.2, 0.25) is 0 Å². The van der Waals surface area contributed by atoms with Crippen molar-refractivity contribution in [3.05, 3.63) is 29.8 Å². The molecule has 20 heavy (non-hydrogen) atoms. The summed E-state index contributed by atoms with van der Waals surface area (Å²) in [4.78, 5) is 6.14. The summed E-state index contributed by atoms with van der Waals surface area (Å²) >= 11 is 0. The van der Waals surface area contributed by atoms with E-state index in [0.29, 0.717) is 5.92 Å². The molecule has 2 rings (SSSR count). The highest BCUT2D eigenvalue weighted by Crippen LogP contribution is 2.24. The average Bonchev–Trinajstić information content (AvgIpc) is 2.92. The van der Waals surface area contributed by atoms with E-state index < -0.39 is 11.6 Å². The standard InChI is InChI=1S/C14H20F2N4/c1-17-14(18-2)19-8-10-5-6-20(9-10)11-3-4-12(15)13(16)7-11/h3-4,7,10H,5-6,8-9H2,1-2H3,(H2,17,18,19)/t10-/m1/s1. The van der Waals surface area contributed by atoms with Crippen molar-refractivity contribution in [1.82, 2.24) is 10.6 Å². The molecule has 1 aliphatic heterocycles. The van der Waals surface area contributed by atoms with Gasteiger partial charge >= 0.3 is 0 Å². The summed E-state index contributed by atoms with van der Waals surface area (Å²) in [6.45, 7) is 2.50. The fourth-order valence-corrected chi connectivity index (χ4v) is 2.44. The second-order valence-corrected chi connectivity index (χ2v) is 4.90. The Morgan fingerprint density at radius 3 is 2.85 bits per heavy atom. The molecule has 1 saturated heterocycles. The maximum absolute atomic E-state index is 13.2. The molecule has 0 aliphatic carbocycles. The quantitative estimate of drug-likeness (QED) is 0.653. The maximum Gasteiger partial charge on any atom is 0.190 e. The van der Waals surface area contributed by atoms with Crippen molar-refractivity contribution < 1.29 is 8.78 Å². The van der Waals surface area contributed by atoms with Crippen LogP contribution in [-0.2, 0) is 0 Å². The van der Waals surface area contributed by atoms with E-state index in [-0.39, 0.29) is 0 Å². The number of guanidine groups is 1. The first-order chi connectivity index (χ1) is 9.63. The molecule has 2 N–H and O–H groups in total. The Morgan fingerprint density at radius 2 is 2.20 bits per heavy atom. The van der Waals surface area contributed by atoms with Crippen molar-refractivity contribution in [3.63, 3.8) is 0 Å². The molecule has 6 heteroatoms. The van der Waals surface area contributed by atoms with Gasteiger partial charge in [0.1, 0.15) is 0 Å². The van der Waals surface area contributed by atoms with Gasteiger partial charge in [0.15, 0.2) is 17.6 Å². The lowest BCUT2D eigenvalue weighted by atomic mass is 10.1. The zero-order valence-electron chi connectivity index (χ0n) is 11.8. The Morgan fingerprint density at radius 1 is 1.40 bits per heavy atom. The van der Waals surface area contributed by atoms with Gasteiger partial charge in [-0.2, -0.15) is 0 Å². The fourth-order valence-electron chi connectivity index (χ4n) is 2.44. The molecule has 1 atom stereocenters. The van der Waals surface area contributed by atoms with Crippen LogP contribution in [0.2, 0.25) is 0 Å². The van der Waals surface area contributed by atoms with E-state index in [9.17, 15) is 8.78 Å². The largest absolute Gasteiger partial charge is 0.371 e. The van der Waals surface area contributed by atoms with Crippen LogP contribution in [0.4, 0.5) is 14.5 Å². The third kappa shape index (κ3) is 3.37. The first-order valence-electron chi connectivity index (χ1n) is 6.72. The summed E-state index contributed by atoms with van der Waals surface area (Å²) in [5.74, 6) is -0.367. The summed E-state index contributed by atoms with van der Waals surface area (Å²) in [5.41, 5.74) is 0.740. The number of hydrogen-bond donors (Lipinski definition) is 2. The SMILES string of the molecule is CN=C(NC)NC[C@H]1CCN(c2ccc(F)c(F)c2)C1. The van der Waals surface area contributed by atoms with Crippen molar-refractivity contribution in [3.8, 4) is 0 Å². The minimum absolute atomic E-state index is 0.466. The van der Waals surface area contributed by atoms with Gasteiger partial charge in [-0.3, -0.25) is 4.99 Å². The first-order valence-corrected chi connectivity index (χ1v) is 6.72. The number of rotatable bonds is 3. The molecule has 1 aromatic rings. The molecule has 1 fully saturated rings. The van der Waals surface area contributed by atoms with E-state index >= 15 is 0 Å². The van der Waals surface area contributed by atoms with Crippen molar-refractivity contribution >= 4 is 11.6 Å². The molecule has 0 unspecified atom stereocenters. The number of benzene rings is 1. The number of hydrogen-bond acceptors (Lipinski definition) is 2. The monoisotopic (exact) mass is 282 g/mol. The normalized spacial score (nSPS) is 19.3. The zero-order chi connectivity index (χ0) is 14.5. The van der Waals surface area contributed by atoms with Crippen LogP contribution in [-0.4, -0.2) is 39.7 Å². The highest BCUT2D eigenvalue weighted by atomic mass is 19.2. The number of nitrogens with zero attached hydrogens (tertiary/aromatic N) is 2.